The predicted molar refractivity (Wildman–Crippen MR) is 41.3 cm³/mol. The average molecular weight is 161 g/mol. The van der Waals surface area contributed by atoms with E-state index in [2.05, 4.69) is 5.32 Å². The van der Waals surface area contributed by atoms with Crippen LogP contribution in [0.2, 0.25) is 0 Å². The van der Waals surface area contributed by atoms with Gasteiger partial charge >= 0.3 is 6.09 Å². The molecule has 0 aromatic carbocycles. The van der Waals surface area contributed by atoms with Gasteiger partial charge in [-0.15, -0.1) is 0 Å². The molecule has 0 spiro atoms. The van der Waals surface area contributed by atoms with Crippen molar-refractivity contribution >= 4 is 6.09 Å². The molecule has 0 fully saturated rings. The second-order valence-corrected chi connectivity index (χ2v) is 2.68. The molecule has 0 aliphatic carbocycles. The summed E-state index contributed by atoms with van der Waals surface area (Å²) in [5, 5.41) is 11.0. The quantitative estimate of drug-likeness (QED) is 0.633. The number of hydrogen-bond acceptors (Lipinski definition) is 3. The van der Waals surface area contributed by atoms with E-state index in [0.717, 1.165) is 0 Å². The van der Waals surface area contributed by atoms with E-state index in [1.54, 1.807) is 20.8 Å². The molecule has 0 aromatic rings. The minimum Gasteiger partial charge on any atom is -0.447 e. The normalized spacial score (nSPS) is 12.8. The molecule has 0 saturated carbocycles. The third-order valence-corrected chi connectivity index (χ3v) is 0.981. The highest BCUT2D eigenvalue weighted by molar-refractivity contribution is 5.67. The molecule has 0 radical (unpaired) electrons. The Balaban J connectivity index is 3.52. The highest BCUT2D eigenvalue weighted by Crippen LogP contribution is 1.89. The van der Waals surface area contributed by atoms with Crippen LogP contribution in [0, 0.1) is 0 Å². The highest BCUT2D eigenvalue weighted by atomic mass is 16.6. The van der Waals surface area contributed by atoms with Crippen LogP contribution in [0.15, 0.2) is 0 Å². The van der Waals surface area contributed by atoms with Crippen LogP contribution >= 0.6 is 0 Å². The van der Waals surface area contributed by atoms with E-state index in [1.165, 1.54) is 0 Å². The topological polar surface area (TPSA) is 58.6 Å². The van der Waals surface area contributed by atoms with E-state index in [4.69, 9.17) is 9.84 Å². The summed E-state index contributed by atoms with van der Waals surface area (Å²) in [6, 6.07) is -0.249. The Morgan fingerprint density at radius 3 is 2.45 bits per heavy atom. The Morgan fingerprint density at radius 2 is 2.09 bits per heavy atom. The maximum absolute atomic E-state index is 10.8. The van der Waals surface area contributed by atoms with Crippen LogP contribution in [0.25, 0.3) is 0 Å². The fourth-order valence-corrected chi connectivity index (χ4v) is 0.495. The molecule has 4 heteroatoms. The van der Waals surface area contributed by atoms with Crippen molar-refractivity contribution in [3.8, 4) is 0 Å². The number of alkyl carbamates (subject to hydrolysis) is 1. The Bertz CT molecular complexity index is 125. The zero-order valence-corrected chi connectivity index (χ0v) is 7.13. The molecule has 66 valence electrons. The first-order valence-corrected chi connectivity index (χ1v) is 3.64. The minimum absolute atomic E-state index is 0.0762. The number of rotatable bonds is 3. The molecule has 0 aliphatic rings. The summed E-state index contributed by atoms with van der Waals surface area (Å²) in [4.78, 5) is 10.8. The van der Waals surface area contributed by atoms with Gasteiger partial charge in [0.25, 0.3) is 0 Å². The van der Waals surface area contributed by atoms with Crippen molar-refractivity contribution in [3.05, 3.63) is 0 Å². The Hall–Kier alpha value is -0.770. The van der Waals surface area contributed by atoms with Crippen LogP contribution in [-0.2, 0) is 4.74 Å². The molecule has 1 atom stereocenters. The number of ether oxygens (including phenoxy) is 1. The summed E-state index contributed by atoms with van der Waals surface area (Å²) in [5.41, 5.74) is 0. The maximum atomic E-state index is 10.8. The van der Waals surface area contributed by atoms with Crippen molar-refractivity contribution in [1.29, 1.82) is 0 Å². The average Bonchev–Trinajstić information content (AvgIpc) is 1.85. The summed E-state index contributed by atoms with van der Waals surface area (Å²) in [6.07, 6.45) is -0.609. The molecule has 0 heterocycles. The molecule has 0 unspecified atom stereocenters. The summed E-state index contributed by atoms with van der Waals surface area (Å²) < 4.78 is 4.76. The first kappa shape index (κ1) is 10.2. The molecule has 4 nitrogen and oxygen atoms in total. The van der Waals surface area contributed by atoms with Crippen molar-refractivity contribution in [3.63, 3.8) is 0 Å². The summed E-state index contributed by atoms with van der Waals surface area (Å²) >= 11 is 0. The molecular weight excluding hydrogens is 146 g/mol. The van der Waals surface area contributed by atoms with Gasteiger partial charge in [-0.2, -0.15) is 0 Å². The Morgan fingerprint density at radius 1 is 1.55 bits per heavy atom. The van der Waals surface area contributed by atoms with E-state index < -0.39 is 6.09 Å². The second-order valence-electron chi connectivity index (χ2n) is 2.68. The molecular formula is C7H15NO3. The van der Waals surface area contributed by atoms with Crippen LogP contribution in [-0.4, -0.2) is 30.0 Å². The van der Waals surface area contributed by atoms with E-state index in [-0.39, 0.29) is 18.8 Å². The van der Waals surface area contributed by atoms with Crippen LogP contribution in [0.3, 0.4) is 0 Å². The molecule has 0 aliphatic heterocycles. The molecule has 2 N–H and O–H groups in total. The third kappa shape index (κ3) is 5.66. The highest BCUT2D eigenvalue weighted by Gasteiger charge is 2.07. The third-order valence-electron chi connectivity index (χ3n) is 0.981. The van der Waals surface area contributed by atoms with E-state index in [9.17, 15) is 4.79 Å². The first-order valence-electron chi connectivity index (χ1n) is 3.64. The van der Waals surface area contributed by atoms with Crippen molar-refractivity contribution in [2.24, 2.45) is 0 Å². The van der Waals surface area contributed by atoms with Crippen LogP contribution in [0.4, 0.5) is 4.79 Å². The largest absolute Gasteiger partial charge is 0.447 e. The number of carbonyl (C=O) groups excluding carboxylic acids is 1. The lowest BCUT2D eigenvalue weighted by atomic mass is 10.4. The summed E-state index contributed by atoms with van der Waals surface area (Å²) in [6.45, 7) is 5.15. The number of nitrogens with one attached hydrogen (secondary N) is 1. The van der Waals surface area contributed by atoms with Crippen molar-refractivity contribution in [1.82, 2.24) is 5.32 Å². The molecule has 0 saturated heterocycles. The van der Waals surface area contributed by atoms with Gasteiger partial charge in [-0.3, -0.25) is 0 Å². The zero-order chi connectivity index (χ0) is 8.85. The van der Waals surface area contributed by atoms with Gasteiger partial charge in [0.05, 0.1) is 18.8 Å². The minimum atomic E-state index is -0.485. The van der Waals surface area contributed by atoms with E-state index in [1.807, 2.05) is 0 Å². The summed E-state index contributed by atoms with van der Waals surface area (Å²) in [7, 11) is 0. The SMILES string of the molecule is CC(C)OC(=O)N[C@H](C)CO. The summed E-state index contributed by atoms with van der Waals surface area (Å²) in [5.74, 6) is 0. The number of aliphatic hydroxyl groups excluding tert-OH is 1. The lowest BCUT2D eigenvalue weighted by Crippen LogP contribution is -2.36. The Kier molecular flexibility index (Phi) is 4.61. The Labute approximate surface area is 66.5 Å². The van der Waals surface area contributed by atoms with Crippen molar-refractivity contribution in [2.75, 3.05) is 6.61 Å². The van der Waals surface area contributed by atoms with Crippen LogP contribution in [0.1, 0.15) is 20.8 Å². The first-order chi connectivity index (χ1) is 5.06. The fraction of sp³-hybridized carbons (Fsp3) is 0.857. The van der Waals surface area contributed by atoms with Crippen molar-refractivity contribution in [2.45, 2.75) is 32.9 Å². The van der Waals surface area contributed by atoms with Gasteiger partial charge in [0.2, 0.25) is 0 Å². The van der Waals surface area contributed by atoms with Crippen LogP contribution < -0.4 is 5.32 Å². The van der Waals surface area contributed by atoms with Crippen molar-refractivity contribution < 1.29 is 14.6 Å². The van der Waals surface area contributed by atoms with Gasteiger partial charge < -0.3 is 15.2 Å². The zero-order valence-electron chi connectivity index (χ0n) is 7.13. The van der Waals surface area contributed by atoms with E-state index >= 15 is 0 Å². The maximum Gasteiger partial charge on any atom is 0.407 e. The van der Waals surface area contributed by atoms with Gasteiger partial charge in [-0.25, -0.2) is 4.79 Å². The van der Waals surface area contributed by atoms with Gasteiger partial charge in [0, 0.05) is 0 Å². The molecule has 0 aromatic heterocycles. The lowest BCUT2D eigenvalue weighted by molar-refractivity contribution is 0.108. The van der Waals surface area contributed by atoms with E-state index in [0.29, 0.717) is 0 Å². The number of aliphatic hydroxyl groups is 1. The number of hydrogen-bond donors (Lipinski definition) is 2. The standard InChI is InChI=1S/C7H15NO3/c1-5(2)11-7(10)8-6(3)4-9/h5-6,9H,4H2,1-3H3,(H,8,10)/t6-/m1/s1. The van der Waals surface area contributed by atoms with Gasteiger partial charge in [0.1, 0.15) is 0 Å². The fourth-order valence-electron chi connectivity index (χ4n) is 0.495. The number of carbonyl (C=O) groups is 1. The van der Waals surface area contributed by atoms with Gasteiger partial charge in [-0.1, -0.05) is 0 Å². The second kappa shape index (κ2) is 4.96. The molecule has 1 amide bonds. The van der Waals surface area contributed by atoms with Crippen LogP contribution in [0.5, 0.6) is 0 Å². The monoisotopic (exact) mass is 161 g/mol. The molecule has 0 rings (SSSR count). The molecule has 11 heavy (non-hydrogen) atoms. The molecule has 0 bridgehead atoms. The van der Waals surface area contributed by atoms with Gasteiger partial charge in [-0.05, 0) is 20.8 Å². The van der Waals surface area contributed by atoms with Gasteiger partial charge in [0.15, 0.2) is 0 Å². The number of amides is 1. The predicted octanol–water partition coefficient (Wildman–Crippen LogP) is 0.502. The smallest absolute Gasteiger partial charge is 0.407 e. The lowest BCUT2D eigenvalue weighted by Gasteiger charge is -2.12.